The minimum Gasteiger partial charge on any atom is -0.462 e. The van der Waals surface area contributed by atoms with Gasteiger partial charge in [-0.25, -0.2) is 17.5 Å². The summed E-state index contributed by atoms with van der Waals surface area (Å²) in [5.74, 6) is -0.640. The Hall–Kier alpha value is -1.11. The second-order valence-corrected chi connectivity index (χ2v) is 6.21. The summed E-state index contributed by atoms with van der Waals surface area (Å²) < 4.78 is 29.7. The molecule has 1 aromatic carbocycles. The molecule has 18 heavy (non-hydrogen) atoms. The zero-order valence-electron chi connectivity index (χ0n) is 10.3. The fraction of sp³-hybridized carbons (Fsp3) is 0.364. The summed E-state index contributed by atoms with van der Waals surface area (Å²) in [4.78, 5) is 11.6. The molecule has 100 valence electrons. The van der Waals surface area contributed by atoms with Crippen LogP contribution in [0.4, 0.5) is 0 Å². The molecule has 0 aliphatic carbocycles. The molecule has 7 heteroatoms. The number of carbonyl (C=O) groups is 1. The molecule has 0 heterocycles. The Bertz CT molecular complexity index is 554. The molecule has 0 bridgehead atoms. The molecular weight excluding hydrogens is 278 g/mol. The second-order valence-electron chi connectivity index (χ2n) is 3.65. The van der Waals surface area contributed by atoms with Gasteiger partial charge in [-0.3, -0.25) is 0 Å². The van der Waals surface area contributed by atoms with Crippen molar-refractivity contribution in [3.63, 3.8) is 0 Å². The normalized spacial score (nSPS) is 11.6. The number of benzene rings is 1. The zero-order chi connectivity index (χ0) is 13.9. The molecule has 1 rings (SSSR count). The van der Waals surface area contributed by atoms with Crippen molar-refractivity contribution in [2.75, 3.05) is 20.7 Å². The highest BCUT2D eigenvalue weighted by Crippen LogP contribution is 2.22. The van der Waals surface area contributed by atoms with Crippen molar-refractivity contribution in [3.8, 4) is 0 Å². The highest BCUT2D eigenvalue weighted by molar-refractivity contribution is 7.89. The third-order valence-electron chi connectivity index (χ3n) is 2.21. The largest absolute Gasteiger partial charge is 0.462 e. The van der Waals surface area contributed by atoms with Crippen LogP contribution in [0.3, 0.4) is 0 Å². The summed E-state index contributed by atoms with van der Waals surface area (Å²) in [5.41, 5.74) is 0.0430. The standard InChI is InChI=1S/C11H14ClNO4S/c1-4-17-11(14)9-7-8(5-6-10(9)12)18(15,16)13(2)3/h5-7H,4H2,1-3H3. The van der Waals surface area contributed by atoms with Crippen molar-refractivity contribution < 1.29 is 17.9 Å². The van der Waals surface area contributed by atoms with Gasteiger partial charge in [0.1, 0.15) is 0 Å². The van der Waals surface area contributed by atoms with E-state index in [-0.39, 0.29) is 22.1 Å². The molecule has 0 saturated heterocycles. The van der Waals surface area contributed by atoms with Gasteiger partial charge in [0, 0.05) is 14.1 Å². The predicted octanol–water partition coefficient (Wildman–Crippen LogP) is 1.77. The molecule has 0 amide bonds. The van der Waals surface area contributed by atoms with Crippen LogP contribution in [0.15, 0.2) is 23.1 Å². The maximum Gasteiger partial charge on any atom is 0.339 e. The number of sulfonamides is 1. The third-order valence-corrected chi connectivity index (χ3v) is 4.35. The van der Waals surface area contributed by atoms with Gasteiger partial charge in [0.05, 0.1) is 22.1 Å². The first-order valence-electron chi connectivity index (χ1n) is 5.20. The van der Waals surface area contributed by atoms with Crippen molar-refractivity contribution >= 4 is 27.6 Å². The Morgan fingerprint density at radius 3 is 2.50 bits per heavy atom. The molecule has 5 nitrogen and oxygen atoms in total. The summed E-state index contributed by atoms with van der Waals surface area (Å²) in [7, 11) is -0.776. The summed E-state index contributed by atoms with van der Waals surface area (Å²) in [6.45, 7) is 1.85. The van der Waals surface area contributed by atoms with E-state index in [0.717, 1.165) is 4.31 Å². The van der Waals surface area contributed by atoms with E-state index in [2.05, 4.69) is 0 Å². The monoisotopic (exact) mass is 291 g/mol. The van der Waals surface area contributed by atoms with Crippen molar-refractivity contribution in [2.24, 2.45) is 0 Å². The van der Waals surface area contributed by atoms with Crippen LogP contribution in [0.1, 0.15) is 17.3 Å². The Balaban J connectivity index is 3.29. The fourth-order valence-electron chi connectivity index (χ4n) is 1.24. The van der Waals surface area contributed by atoms with E-state index in [0.29, 0.717) is 0 Å². The van der Waals surface area contributed by atoms with Crippen LogP contribution in [0, 0.1) is 0 Å². The van der Waals surface area contributed by atoms with Crippen molar-refractivity contribution in [2.45, 2.75) is 11.8 Å². The number of carbonyl (C=O) groups excluding carboxylic acids is 1. The lowest BCUT2D eigenvalue weighted by atomic mass is 10.2. The van der Waals surface area contributed by atoms with Crippen LogP contribution < -0.4 is 0 Å². The van der Waals surface area contributed by atoms with Crippen molar-refractivity contribution in [3.05, 3.63) is 28.8 Å². The number of esters is 1. The maximum absolute atomic E-state index is 11.9. The number of rotatable bonds is 4. The molecule has 0 aliphatic rings. The highest BCUT2D eigenvalue weighted by Gasteiger charge is 2.21. The average molecular weight is 292 g/mol. The van der Waals surface area contributed by atoms with Crippen molar-refractivity contribution in [1.29, 1.82) is 0 Å². The van der Waals surface area contributed by atoms with Gasteiger partial charge >= 0.3 is 5.97 Å². The lowest BCUT2D eigenvalue weighted by Gasteiger charge is -2.12. The minimum atomic E-state index is -3.60. The lowest BCUT2D eigenvalue weighted by Crippen LogP contribution is -2.22. The van der Waals surface area contributed by atoms with Crippen LogP contribution in [0.5, 0.6) is 0 Å². The van der Waals surface area contributed by atoms with Crippen LogP contribution in [0.2, 0.25) is 5.02 Å². The Labute approximate surface area is 111 Å². The van der Waals surface area contributed by atoms with Crippen LogP contribution in [0.25, 0.3) is 0 Å². The predicted molar refractivity (Wildman–Crippen MR) is 68.3 cm³/mol. The molecule has 0 aromatic heterocycles. The lowest BCUT2D eigenvalue weighted by molar-refractivity contribution is 0.0526. The van der Waals surface area contributed by atoms with E-state index >= 15 is 0 Å². The van der Waals surface area contributed by atoms with E-state index < -0.39 is 16.0 Å². The summed E-state index contributed by atoms with van der Waals surface area (Å²) in [5, 5.41) is 0.158. The Kier molecular flexibility index (Phi) is 4.72. The van der Waals surface area contributed by atoms with Gasteiger partial charge in [-0.05, 0) is 25.1 Å². The molecule has 0 unspecified atom stereocenters. The summed E-state index contributed by atoms with van der Waals surface area (Å²) in [6, 6.07) is 3.93. The molecule has 0 atom stereocenters. The van der Waals surface area contributed by atoms with E-state index in [1.165, 1.54) is 32.3 Å². The van der Waals surface area contributed by atoms with Gasteiger partial charge < -0.3 is 4.74 Å². The maximum atomic E-state index is 11.9. The van der Waals surface area contributed by atoms with E-state index in [4.69, 9.17) is 16.3 Å². The van der Waals surface area contributed by atoms with Crippen molar-refractivity contribution in [1.82, 2.24) is 4.31 Å². The van der Waals surface area contributed by atoms with Gasteiger partial charge in [-0.2, -0.15) is 0 Å². The second kappa shape index (κ2) is 5.69. The van der Waals surface area contributed by atoms with E-state index in [9.17, 15) is 13.2 Å². The highest BCUT2D eigenvalue weighted by atomic mass is 35.5. The molecule has 0 N–H and O–H groups in total. The molecule has 0 spiro atoms. The Morgan fingerprint density at radius 1 is 1.39 bits per heavy atom. The van der Waals surface area contributed by atoms with Crippen LogP contribution >= 0.6 is 11.6 Å². The number of ether oxygens (including phenoxy) is 1. The molecule has 1 aromatic rings. The first-order chi connectivity index (χ1) is 8.30. The first kappa shape index (κ1) is 14.9. The molecule has 0 saturated carbocycles. The smallest absolute Gasteiger partial charge is 0.339 e. The number of nitrogens with zero attached hydrogens (tertiary/aromatic N) is 1. The fourth-order valence-corrected chi connectivity index (χ4v) is 2.36. The van der Waals surface area contributed by atoms with Gasteiger partial charge in [0.2, 0.25) is 10.0 Å². The zero-order valence-corrected chi connectivity index (χ0v) is 11.9. The van der Waals surface area contributed by atoms with Gasteiger partial charge in [-0.1, -0.05) is 11.6 Å². The number of hydrogen-bond donors (Lipinski definition) is 0. The minimum absolute atomic E-state index is 0.0000435. The number of halogens is 1. The topological polar surface area (TPSA) is 63.7 Å². The SMILES string of the molecule is CCOC(=O)c1cc(S(=O)(=O)N(C)C)ccc1Cl. The number of hydrogen-bond acceptors (Lipinski definition) is 4. The summed E-state index contributed by atoms with van der Waals surface area (Å²) >= 11 is 5.85. The van der Waals surface area contributed by atoms with Gasteiger partial charge in [-0.15, -0.1) is 0 Å². The Morgan fingerprint density at radius 2 is 2.00 bits per heavy atom. The summed E-state index contributed by atoms with van der Waals surface area (Å²) in [6.07, 6.45) is 0. The molecule has 0 radical (unpaired) electrons. The quantitative estimate of drug-likeness (QED) is 0.793. The van der Waals surface area contributed by atoms with Crippen LogP contribution in [-0.2, 0) is 14.8 Å². The average Bonchev–Trinajstić information content (AvgIpc) is 2.29. The van der Waals surface area contributed by atoms with Crippen LogP contribution in [-0.4, -0.2) is 39.4 Å². The van der Waals surface area contributed by atoms with E-state index in [1.54, 1.807) is 6.92 Å². The van der Waals surface area contributed by atoms with E-state index in [1.807, 2.05) is 0 Å². The molecule has 0 aliphatic heterocycles. The third kappa shape index (κ3) is 3.01. The van der Waals surface area contributed by atoms with Gasteiger partial charge in [0.15, 0.2) is 0 Å². The molecular formula is C11H14ClNO4S. The first-order valence-corrected chi connectivity index (χ1v) is 7.01. The molecule has 0 fully saturated rings. The van der Waals surface area contributed by atoms with Gasteiger partial charge in [0.25, 0.3) is 0 Å².